The molecule has 0 saturated carbocycles. The molecule has 0 bridgehead atoms. The van der Waals surface area contributed by atoms with Crippen LogP contribution in [0.2, 0.25) is 0 Å². The van der Waals surface area contributed by atoms with Crippen LogP contribution in [-0.4, -0.2) is 56.8 Å². The van der Waals surface area contributed by atoms with E-state index in [0.717, 1.165) is 0 Å². The number of piperazine rings is 1. The lowest BCUT2D eigenvalue weighted by molar-refractivity contribution is -0.111. The Morgan fingerprint density at radius 3 is 2.43 bits per heavy atom. The second-order valence-electron chi connectivity index (χ2n) is 6.61. The number of carbonyl (C=O) groups is 1. The normalized spacial score (nSPS) is 16.4. The van der Waals surface area contributed by atoms with E-state index in [4.69, 9.17) is 0 Å². The third-order valence-corrected chi connectivity index (χ3v) is 6.39. The van der Waals surface area contributed by atoms with Crippen molar-refractivity contribution in [2.75, 3.05) is 38.5 Å². The summed E-state index contributed by atoms with van der Waals surface area (Å²) in [4.78, 5) is 14.3. The first-order chi connectivity index (χ1) is 13.3. The zero-order valence-corrected chi connectivity index (χ0v) is 16.3. The van der Waals surface area contributed by atoms with E-state index in [0.29, 0.717) is 37.4 Å². The topological polar surface area (TPSA) is 69.7 Å². The summed E-state index contributed by atoms with van der Waals surface area (Å²) >= 11 is 0. The molecule has 1 aliphatic heterocycles. The SMILES string of the molecule is CN1CCN(S(=O)(=O)c2cccc(NC(=O)C=Cc3ccc(F)cc3)c2)CC1. The van der Waals surface area contributed by atoms with Crippen LogP contribution in [0, 0.1) is 5.82 Å². The van der Waals surface area contributed by atoms with Crippen molar-refractivity contribution in [3.63, 3.8) is 0 Å². The van der Waals surface area contributed by atoms with E-state index in [1.807, 2.05) is 7.05 Å². The Morgan fingerprint density at radius 1 is 1.07 bits per heavy atom. The summed E-state index contributed by atoms with van der Waals surface area (Å²) in [6.07, 6.45) is 2.87. The molecule has 1 fully saturated rings. The quantitative estimate of drug-likeness (QED) is 0.779. The number of hydrogen-bond donors (Lipinski definition) is 1. The molecule has 2 aromatic carbocycles. The summed E-state index contributed by atoms with van der Waals surface area (Å²) in [7, 11) is -1.64. The zero-order chi connectivity index (χ0) is 20.1. The fourth-order valence-electron chi connectivity index (χ4n) is 2.84. The molecule has 1 N–H and O–H groups in total. The van der Waals surface area contributed by atoms with Crippen molar-refractivity contribution in [1.29, 1.82) is 0 Å². The maximum atomic E-state index is 12.9. The van der Waals surface area contributed by atoms with Gasteiger partial charge in [-0.05, 0) is 49.0 Å². The predicted molar refractivity (Wildman–Crippen MR) is 107 cm³/mol. The van der Waals surface area contributed by atoms with Crippen LogP contribution in [0.1, 0.15) is 5.56 Å². The standard InChI is InChI=1S/C20H22FN3O3S/c1-23-11-13-24(14-12-23)28(26,27)19-4-2-3-18(15-19)22-20(25)10-7-16-5-8-17(21)9-6-16/h2-10,15H,11-14H2,1H3,(H,22,25). The van der Waals surface area contributed by atoms with Gasteiger partial charge in [0, 0.05) is 37.9 Å². The van der Waals surface area contributed by atoms with E-state index in [-0.39, 0.29) is 10.7 Å². The monoisotopic (exact) mass is 403 g/mol. The molecule has 6 nitrogen and oxygen atoms in total. The first-order valence-corrected chi connectivity index (χ1v) is 10.3. The van der Waals surface area contributed by atoms with Gasteiger partial charge in [0.25, 0.3) is 0 Å². The number of carbonyl (C=O) groups excluding carboxylic acids is 1. The van der Waals surface area contributed by atoms with Crippen molar-refractivity contribution in [2.45, 2.75) is 4.90 Å². The van der Waals surface area contributed by atoms with E-state index in [9.17, 15) is 17.6 Å². The molecule has 1 heterocycles. The highest BCUT2D eigenvalue weighted by Crippen LogP contribution is 2.21. The van der Waals surface area contributed by atoms with Crippen molar-refractivity contribution >= 4 is 27.7 Å². The van der Waals surface area contributed by atoms with Crippen LogP contribution in [0.25, 0.3) is 6.08 Å². The number of nitrogens with one attached hydrogen (secondary N) is 1. The van der Waals surface area contributed by atoms with Crippen LogP contribution in [0.15, 0.2) is 59.5 Å². The molecule has 1 saturated heterocycles. The molecule has 1 aliphatic rings. The van der Waals surface area contributed by atoms with E-state index in [1.54, 1.807) is 30.3 Å². The molecular weight excluding hydrogens is 381 g/mol. The minimum absolute atomic E-state index is 0.150. The Kier molecular flexibility index (Phi) is 6.23. The van der Waals surface area contributed by atoms with Gasteiger partial charge < -0.3 is 10.2 Å². The summed E-state index contributed by atoms with van der Waals surface area (Å²) in [5.41, 5.74) is 1.08. The highest BCUT2D eigenvalue weighted by Gasteiger charge is 2.27. The molecule has 1 amide bonds. The fourth-order valence-corrected chi connectivity index (χ4v) is 4.31. The number of halogens is 1. The molecule has 0 unspecified atom stereocenters. The van der Waals surface area contributed by atoms with E-state index in [1.165, 1.54) is 34.6 Å². The lowest BCUT2D eigenvalue weighted by Gasteiger charge is -2.31. The number of benzene rings is 2. The minimum Gasteiger partial charge on any atom is -0.322 e. The third-order valence-electron chi connectivity index (χ3n) is 4.50. The lowest BCUT2D eigenvalue weighted by atomic mass is 10.2. The summed E-state index contributed by atoms with van der Waals surface area (Å²) < 4.78 is 40.0. The highest BCUT2D eigenvalue weighted by molar-refractivity contribution is 7.89. The Labute approximate surface area is 164 Å². The zero-order valence-electron chi connectivity index (χ0n) is 15.5. The maximum Gasteiger partial charge on any atom is 0.248 e. The summed E-state index contributed by atoms with van der Waals surface area (Å²) in [6.45, 7) is 2.25. The van der Waals surface area contributed by atoms with E-state index < -0.39 is 15.9 Å². The van der Waals surface area contributed by atoms with Gasteiger partial charge in [0.2, 0.25) is 15.9 Å². The molecule has 2 aromatic rings. The first-order valence-electron chi connectivity index (χ1n) is 8.88. The van der Waals surface area contributed by atoms with Gasteiger partial charge in [-0.25, -0.2) is 12.8 Å². The van der Waals surface area contributed by atoms with Gasteiger partial charge in [-0.2, -0.15) is 4.31 Å². The number of nitrogens with zero attached hydrogens (tertiary/aromatic N) is 2. The second kappa shape index (κ2) is 8.64. The lowest BCUT2D eigenvalue weighted by Crippen LogP contribution is -2.47. The molecular formula is C20H22FN3O3S. The van der Waals surface area contributed by atoms with Gasteiger partial charge >= 0.3 is 0 Å². The largest absolute Gasteiger partial charge is 0.322 e. The van der Waals surface area contributed by atoms with Gasteiger partial charge in [0.1, 0.15) is 5.82 Å². The van der Waals surface area contributed by atoms with Gasteiger partial charge in [-0.1, -0.05) is 18.2 Å². The second-order valence-corrected chi connectivity index (χ2v) is 8.55. The first kappa shape index (κ1) is 20.2. The Morgan fingerprint density at radius 2 is 1.75 bits per heavy atom. The van der Waals surface area contributed by atoms with Crippen LogP contribution in [-0.2, 0) is 14.8 Å². The molecule has 0 aromatic heterocycles. The number of anilines is 1. The summed E-state index contributed by atoms with van der Waals surface area (Å²) in [5, 5.41) is 2.66. The number of rotatable bonds is 5. The van der Waals surface area contributed by atoms with Gasteiger partial charge in [0.15, 0.2) is 0 Å². The van der Waals surface area contributed by atoms with Crippen LogP contribution in [0.3, 0.4) is 0 Å². The molecule has 0 atom stereocenters. The molecule has 0 spiro atoms. The fraction of sp³-hybridized carbons (Fsp3) is 0.250. The van der Waals surface area contributed by atoms with E-state index >= 15 is 0 Å². The minimum atomic E-state index is -3.60. The number of hydrogen-bond acceptors (Lipinski definition) is 4. The maximum absolute atomic E-state index is 12.9. The Balaban J connectivity index is 1.69. The van der Waals surface area contributed by atoms with Crippen LogP contribution < -0.4 is 5.32 Å². The average molecular weight is 403 g/mol. The van der Waals surface area contributed by atoms with Crippen molar-refractivity contribution in [3.05, 3.63) is 66.0 Å². The Hall–Kier alpha value is -2.55. The Bertz CT molecular complexity index is 966. The number of amides is 1. The van der Waals surface area contributed by atoms with Crippen molar-refractivity contribution in [1.82, 2.24) is 9.21 Å². The molecule has 0 aliphatic carbocycles. The van der Waals surface area contributed by atoms with E-state index in [2.05, 4.69) is 10.2 Å². The molecule has 0 radical (unpaired) electrons. The van der Waals surface area contributed by atoms with Crippen molar-refractivity contribution in [2.24, 2.45) is 0 Å². The average Bonchev–Trinajstić information content (AvgIpc) is 2.68. The van der Waals surface area contributed by atoms with Gasteiger partial charge in [-0.3, -0.25) is 4.79 Å². The van der Waals surface area contributed by atoms with Crippen LogP contribution >= 0.6 is 0 Å². The molecule has 148 valence electrons. The molecule has 3 rings (SSSR count). The van der Waals surface area contributed by atoms with Crippen LogP contribution in [0.4, 0.5) is 10.1 Å². The predicted octanol–water partition coefficient (Wildman–Crippen LogP) is 2.41. The van der Waals surface area contributed by atoms with Crippen molar-refractivity contribution < 1.29 is 17.6 Å². The highest BCUT2D eigenvalue weighted by atomic mass is 32.2. The van der Waals surface area contributed by atoms with Gasteiger partial charge in [-0.15, -0.1) is 0 Å². The molecule has 28 heavy (non-hydrogen) atoms. The summed E-state index contributed by atoms with van der Waals surface area (Å²) in [5.74, 6) is -0.751. The number of likely N-dealkylation sites (N-methyl/N-ethyl adjacent to an activating group) is 1. The molecule has 8 heteroatoms. The smallest absolute Gasteiger partial charge is 0.248 e. The third kappa shape index (κ3) is 5.03. The van der Waals surface area contributed by atoms with Gasteiger partial charge in [0.05, 0.1) is 4.90 Å². The van der Waals surface area contributed by atoms with Crippen LogP contribution in [0.5, 0.6) is 0 Å². The number of sulfonamides is 1. The summed E-state index contributed by atoms with van der Waals surface area (Å²) in [6, 6.07) is 11.9. The van der Waals surface area contributed by atoms with Crippen molar-refractivity contribution in [3.8, 4) is 0 Å².